The summed E-state index contributed by atoms with van der Waals surface area (Å²) in [5.41, 5.74) is 2.30. The Hall–Kier alpha value is -3.37. The summed E-state index contributed by atoms with van der Waals surface area (Å²) >= 11 is 6.15. The Morgan fingerprint density at radius 1 is 1.18 bits per heavy atom. The lowest BCUT2D eigenvalue weighted by Crippen LogP contribution is -2.33. The second-order valence-corrected chi connectivity index (χ2v) is 8.63. The van der Waals surface area contributed by atoms with Crippen molar-refractivity contribution in [1.29, 1.82) is 0 Å². The predicted octanol–water partition coefficient (Wildman–Crippen LogP) is 3.70. The molecule has 0 aliphatic carbocycles. The number of hydrogen-bond donors (Lipinski definition) is 2. The minimum atomic E-state index is -1.14. The van der Waals surface area contributed by atoms with Crippen LogP contribution in [0.5, 0.6) is 11.5 Å². The molecule has 0 spiro atoms. The Morgan fingerprint density at radius 3 is 2.64 bits per heavy atom. The van der Waals surface area contributed by atoms with Crippen molar-refractivity contribution in [2.45, 2.75) is 13.8 Å². The number of anilines is 1. The van der Waals surface area contributed by atoms with Crippen molar-refractivity contribution in [3.05, 3.63) is 58.5 Å². The number of carbonyl (C=O) groups excluding carboxylic acids is 2. The Labute approximate surface area is 200 Å². The van der Waals surface area contributed by atoms with E-state index in [9.17, 15) is 14.4 Å². The Balaban J connectivity index is 1.71. The van der Waals surface area contributed by atoms with Gasteiger partial charge >= 0.3 is 5.97 Å². The van der Waals surface area contributed by atoms with Crippen LogP contribution in [0.4, 0.5) is 5.69 Å². The molecule has 8 nitrogen and oxygen atoms in total. The van der Waals surface area contributed by atoms with Crippen LogP contribution >= 0.6 is 24.0 Å². The van der Waals surface area contributed by atoms with Crippen LogP contribution in [0.1, 0.15) is 18.1 Å². The minimum absolute atomic E-state index is 0.193. The number of thioether (sulfide) groups is 1. The summed E-state index contributed by atoms with van der Waals surface area (Å²) in [6.07, 6.45) is 1.61. The van der Waals surface area contributed by atoms with Crippen LogP contribution in [0.15, 0.2) is 47.4 Å². The molecule has 0 radical (unpaired) electrons. The summed E-state index contributed by atoms with van der Waals surface area (Å²) in [6, 6.07) is 12.5. The fourth-order valence-corrected chi connectivity index (χ4v) is 4.22. The molecular weight excluding hydrogens is 464 g/mol. The van der Waals surface area contributed by atoms with E-state index < -0.39 is 18.4 Å². The molecule has 2 aromatic carbocycles. The van der Waals surface area contributed by atoms with Gasteiger partial charge in [-0.15, -0.1) is 0 Å². The van der Waals surface area contributed by atoms with Crippen LogP contribution in [-0.2, 0) is 14.4 Å². The third-order valence-corrected chi connectivity index (χ3v) is 5.89. The SMILES string of the molecule is CCOc1cc(/C=C2/SC(=S)N(CC(=O)O)C2=O)ccc1OCC(=O)Nc1ccccc1C. The lowest BCUT2D eigenvalue weighted by molar-refractivity contribution is -0.140. The first-order chi connectivity index (χ1) is 15.8. The number of nitrogens with one attached hydrogen (secondary N) is 1. The summed E-state index contributed by atoms with van der Waals surface area (Å²) in [6.45, 7) is 3.40. The van der Waals surface area contributed by atoms with Gasteiger partial charge in [0, 0.05) is 5.69 Å². The highest BCUT2D eigenvalue weighted by atomic mass is 32.2. The van der Waals surface area contributed by atoms with Crippen molar-refractivity contribution in [1.82, 2.24) is 4.90 Å². The average Bonchev–Trinajstić information content (AvgIpc) is 3.02. The molecule has 1 fully saturated rings. The molecule has 0 unspecified atom stereocenters. The number of carboxylic acid groups (broad SMARTS) is 1. The van der Waals surface area contributed by atoms with E-state index in [4.69, 9.17) is 26.8 Å². The summed E-state index contributed by atoms with van der Waals surface area (Å²) < 4.78 is 11.5. The van der Waals surface area contributed by atoms with Crippen LogP contribution in [0.2, 0.25) is 0 Å². The lowest BCUT2D eigenvalue weighted by atomic mass is 10.2. The number of thiocarbonyl (C=S) groups is 1. The summed E-state index contributed by atoms with van der Waals surface area (Å²) in [5, 5.41) is 11.8. The van der Waals surface area contributed by atoms with Crippen LogP contribution < -0.4 is 14.8 Å². The standard InChI is InChI=1S/C23H22N2O6S2/c1-3-30-18-10-15(11-19-22(29)25(12-21(27)28)23(32)33-19)8-9-17(18)31-13-20(26)24-16-7-5-4-6-14(16)2/h4-11H,3,12-13H2,1-2H3,(H,24,26)(H,27,28)/b19-11+. The number of amides is 2. The maximum atomic E-state index is 12.5. The van der Waals surface area contributed by atoms with Crippen LogP contribution in [0.3, 0.4) is 0 Å². The number of carbonyl (C=O) groups is 3. The zero-order chi connectivity index (χ0) is 24.0. The maximum Gasteiger partial charge on any atom is 0.323 e. The van der Waals surface area contributed by atoms with E-state index in [0.29, 0.717) is 34.3 Å². The molecule has 1 aliphatic rings. The highest BCUT2D eigenvalue weighted by Crippen LogP contribution is 2.34. The first-order valence-corrected chi connectivity index (χ1v) is 11.2. The molecule has 2 amide bonds. The fourth-order valence-electron chi connectivity index (χ4n) is 2.97. The normalized spacial score (nSPS) is 14.5. The molecule has 0 atom stereocenters. The molecule has 33 heavy (non-hydrogen) atoms. The van der Waals surface area contributed by atoms with Gasteiger partial charge in [0.1, 0.15) is 10.9 Å². The second kappa shape index (κ2) is 11.0. The van der Waals surface area contributed by atoms with Crippen molar-refractivity contribution in [3.63, 3.8) is 0 Å². The molecule has 1 heterocycles. The molecular formula is C23H22N2O6S2. The van der Waals surface area contributed by atoms with Crippen LogP contribution in [-0.4, -0.2) is 51.9 Å². The number of para-hydroxylation sites is 1. The maximum absolute atomic E-state index is 12.5. The minimum Gasteiger partial charge on any atom is -0.490 e. The molecule has 1 saturated heterocycles. The number of nitrogens with zero attached hydrogens (tertiary/aromatic N) is 1. The summed E-state index contributed by atoms with van der Waals surface area (Å²) in [5.74, 6) is -1.11. The number of hydrogen-bond acceptors (Lipinski definition) is 7. The van der Waals surface area contributed by atoms with Crippen LogP contribution in [0, 0.1) is 6.92 Å². The second-order valence-electron chi connectivity index (χ2n) is 6.95. The van der Waals surface area contributed by atoms with Crippen LogP contribution in [0.25, 0.3) is 6.08 Å². The molecule has 172 valence electrons. The van der Waals surface area contributed by atoms with Crippen molar-refractivity contribution in [3.8, 4) is 11.5 Å². The summed E-state index contributed by atoms with van der Waals surface area (Å²) in [4.78, 5) is 37.1. The Kier molecular flexibility index (Phi) is 8.07. The van der Waals surface area contributed by atoms with Gasteiger partial charge < -0.3 is 19.9 Å². The first kappa shape index (κ1) is 24.3. The van der Waals surface area contributed by atoms with E-state index in [1.807, 2.05) is 38.1 Å². The van der Waals surface area contributed by atoms with Gasteiger partial charge in [-0.2, -0.15) is 0 Å². The highest BCUT2D eigenvalue weighted by molar-refractivity contribution is 8.26. The number of carboxylic acids is 1. The molecule has 0 aromatic heterocycles. The van der Waals surface area contributed by atoms with Crippen molar-refractivity contribution in [2.24, 2.45) is 0 Å². The van der Waals surface area contributed by atoms with E-state index in [1.54, 1.807) is 24.3 Å². The van der Waals surface area contributed by atoms with Gasteiger partial charge in [-0.05, 0) is 49.2 Å². The number of ether oxygens (including phenoxy) is 2. The summed E-state index contributed by atoms with van der Waals surface area (Å²) in [7, 11) is 0. The molecule has 10 heteroatoms. The zero-order valence-electron chi connectivity index (χ0n) is 18.0. The molecule has 1 aliphatic heterocycles. The number of benzene rings is 2. The van der Waals surface area contributed by atoms with Crippen molar-refractivity contribution in [2.75, 3.05) is 25.1 Å². The number of aliphatic carboxylic acids is 1. The van der Waals surface area contributed by atoms with E-state index >= 15 is 0 Å². The third kappa shape index (κ3) is 6.33. The van der Waals surface area contributed by atoms with E-state index in [0.717, 1.165) is 22.2 Å². The Morgan fingerprint density at radius 2 is 1.94 bits per heavy atom. The molecule has 2 N–H and O–H groups in total. The predicted molar refractivity (Wildman–Crippen MR) is 130 cm³/mol. The smallest absolute Gasteiger partial charge is 0.323 e. The molecule has 3 rings (SSSR count). The van der Waals surface area contributed by atoms with E-state index in [-0.39, 0.29) is 16.8 Å². The average molecular weight is 487 g/mol. The molecule has 0 saturated carbocycles. The molecule has 0 bridgehead atoms. The van der Waals surface area contributed by atoms with E-state index in [2.05, 4.69) is 5.32 Å². The quantitative estimate of drug-likeness (QED) is 0.408. The van der Waals surface area contributed by atoms with Gasteiger partial charge in [0.05, 0.1) is 11.5 Å². The first-order valence-electron chi connectivity index (χ1n) is 10.0. The van der Waals surface area contributed by atoms with E-state index in [1.165, 1.54) is 0 Å². The van der Waals surface area contributed by atoms with Crippen molar-refractivity contribution < 1.29 is 29.0 Å². The number of rotatable bonds is 9. The van der Waals surface area contributed by atoms with Gasteiger partial charge in [-0.25, -0.2) is 0 Å². The molecule has 2 aromatic rings. The fraction of sp³-hybridized carbons (Fsp3) is 0.217. The topological polar surface area (TPSA) is 105 Å². The lowest BCUT2D eigenvalue weighted by Gasteiger charge is -2.13. The largest absolute Gasteiger partial charge is 0.490 e. The zero-order valence-corrected chi connectivity index (χ0v) is 19.6. The Bertz CT molecular complexity index is 1130. The third-order valence-electron chi connectivity index (χ3n) is 4.51. The number of aryl methyl sites for hydroxylation is 1. The van der Waals surface area contributed by atoms with Gasteiger partial charge in [0.15, 0.2) is 18.1 Å². The van der Waals surface area contributed by atoms with Gasteiger partial charge in [-0.1, -0.05) is 48.2 Å². The van der Waals surface area contributed by atoms with Gasteiger partial charge in [0.2, 0.25) is 0 Å². The highest BCUT2D eigenvalue weighted by Gasteiger charge is 2.33. The van der Waals surface area contributed by atoms with Gasteiger partial charge in [0.25, 0.3) is 11.8 Å². The van der Waals surface area contributed by atoms with Gasteiger partial charge in [-0.3, -0.25) is 19.3 Å². The van der Waals surface area contributed by atoms with Crippen molar-refractivity contribution >= 4 is 57.8 Å². The monoisotopic (exact) mass is 486 g/mol.